The molecule has 1 atom stereocenters. The first kappa shape index (κ1) is 15.9. The van der Waals surface area contributed by atoms with Crippen molar-refractivity contribution in [1.82, 2.24) is 24.5 Å². The summed E-state index contributed by atoms with van der Waals surface area (Å²) in [5.74, 6) is -0.528. The van der Waals surface area contributed by atoms with Crippen molar-refractivity contribution < 1.29 is 9.53 Å². The molecule has 0 fully saturated rings. The number of aromatic nitrogens is 5. The van der Waals surface area contributed by atoms with Crippen molar-refractivity contribution in [1.29, 1.82) is 0 Å². The minimum Gasteiger partial charge on any atom is -0.467 e. The molecular formula is C16H17N5O3. The van der Waals surface area contributed by atoms with Gasteiger partial charge in [-0.15, -0.1) is 5.10 Å². The van der Waals surface area contributed by atoms with Crippen LogP contribution in [-0.4, -0.2) is 37.6 Å². The Bertz CT molecular complexity index is 989. The van der Waals surface area contributed by atoms with E-state index >= 15 is 0 Å². The number of hydrogen-bond acceptors (Lipinski definition) is 6. The maximum Gasteiger partial charge on any atom is 0.328 e. The molecule has 3 rings (SSSR count). The van der Waals surface area contributed by atoms with Gasteiger partial charge in [0.15, 0.2) is 11.2 Å². The minimum atomic E-state index is -0.786. The smallest absolute Gasteiger partial charge is 0.328 e. The fraction of sp³-hybridized carbons (Fsp3) is 0.312. The highest BCUT2D eigenvalue weighted by atomic mass is 16.5. The highest BCUT2D eigenvalue weighted by Gasteiger charge is 2.20. The first-order valence-electron chi connectivity index (χ1n) is 7.42. The number of hydrogen-bond donors (Lipinski definition) is 0. The quantitative estimate of drug-likeness (QED) is 0.674. The molecule has 124 valence electrons. The third-order valence-corrected chi connectivity index (χ3v) is 4.08. The van der Waals surface area contributed by atoms with E-state index in [1.807, 2.05) is 32.0 Å². The van der Waals surface area contributed by atoms with E-state index in [2.05, 4.69) is 20.0 Å². The van der Waals surface area contributed by atoms with E-state index < -0.39 is 17.6 Å². The summed E-state index contributed by atoms with van der Waals surface area (Å²) in [7, 11) is 1.27. The van der Waals surface area contributed by atoms with Crippen LogP contribution in [0.1, 0.15) is 24.1 Å². The van der Waals surface area contributed by atoms with Crippen LogP contribution in [0.15, 0.2) is 29.3 Å². The SMILES string of the molecule is COC(=O)[C@@H](C)n1cnc2c(nnn2-c2ccc(C)c(C)c2)c1=O. The standard InChI is InChI=1S/C16H17N5O3/c1-9-5-6-12(7-10(9)2)21-14-13(18-19-21)15(22)20(8-17-14)11(3)16(23)24-4/h5-8,11H,1-4H3/t11-/m1/s1. The van der Waals surface area contributed by atoms with Crippen molar-refractivity contribution in [2.24, 2.45) is 0 Å². The van der Waals surface area contributed by atoms with E-state index in [-0.39, 0.29) is 5.52 Å². The van der Waals surface area contributed by atoms with Crippen LogP contribution in [0, 0.1) is 13.8 Å². The van der Waals surface area contributed by atoms with Gasteiger partial charge in [-0.25, -0.2) is 9.78 Å². The first-order valence-corrected chi connectivity index (χ1v) is 7.42. The zero-order valence-corrected chi connectivity index (χ0v) is 13.8. The zero-order chi connectivity index (χ0) is 17.4. The number of rotatable bonds is 3. The number of methoxy groups -OCH3 is 1. The highest BCUT2D eigenvalue weighted by molar-refractivity contribution is 5.75. The zero-order valence-electron chi connectivity index (χ0n) is 13.8. The Morgan fingerprint density at radius 2 is 2.00 bits per heavy atom. The summed E-state index contributed by atoms with van der Waals surface area (Å²) in [6.07, 6.45) is 1.31. The average Bonchev–Trinajstić information content (AvgIpc) is 3.01. The summed E-state index contributed by atoms with van der Waals surface area (Å²) in [6, 6.07) is 5.03. The van der Waals surface area contributed by atoms with Crippen LogP contribution in [0.4, 0.5) is 0 Å². The number of aryl methyl sites for hydroxylation is 2. The number of ether oxygens (including phenoxy) is 1. The number of carbonyl (C=O) groups excluding carboxylic acids is 1. The van der Waals surface area contributed by atoms with Gasteiger partial charge < -0.3 is 4.74 Å². The van der Waals surface area contributed by atoms with Crippen LogP contribution in [0.5, 0.6) is 0 Å². The lowest BCUT2D eigenvalue weighted by molar-refractivity contribution is -0.144. The van der Waals surface area contributed by atoms with E-state index in [0.717, 1.165) is 16.8 Å². The molecule has 0 bridgehead atoms. The van der Waals surface area contributed by atoms with E-state index in [4.69, 9.17) is 0 Å². The predicted octanol–water partition coefficient (Wildman–Crippen LogP) is 1.33. The van der Waals surface area contributed by atoms with Gasteiger partial charge in [-0.1, -0.05) is 11.3 Å². The minimum absolute atomic E-state index is 0.103. The summed E-state index contributed by atoms with van der Waals surface area (Å²) < 4.78 is 7.36. The molecule has 2 heterocycles. The molecule has 0 spiro atoms. The number of carbonyl (C=O) groups is 1. The number of benzene rings is 1. The van der Waals surface area contributed by atoms with Crippen molar-refractivity contribution >= 4 is 17.1 Å². The lowest BCUT2D eigenvalue weighted by Gasteiger charge is -2.11. The molecule has 24 heavy (non-hydrogen) atoms. The lowest BCUT2D eigenvalue weighted by Crippen LogP contribution is -2.29. The molecule has 0 N–H and O–H groups in total. The Morgan fingerprint density at radius 3 is 2.67 bits per heavy atom. The van der Waals surface area contributed by atoms with Gasteiger partial charge in [-0.3, -0.25) is 9.36 Å². The van der Waals surface area contributed by atoms with Gasteiger partial charge in [-0.2, -0.15) is 4.68 Å². The third-order valence-electron chi connectivity index (χ3n) is 4.08. The molecule has 3 aromatic rings. The summed E-state index contributed by atoms with van der Waals surface area (Å²) in [6.45, 7) is 5.58. The molecule has 0 amide bonds. The van der Waals surface area contributed by atoms with Crippen molar-refractivity contribution in [3.05, 3.63) is 46.0 Å². The van der Waals surface area contributed by atoms with Crippen molar-refractivity contribution in [2.45, 2.75) is 26.8 Å². The number of esters is 1. The fourth-order valence-electron chi connectivity index (χ4n) is 2.41. The molecular weight excluding hydrogens is 310 g/mol. The van der Waals surface area contributed by atoms with Crippen molar-refractivity contribution in [3.8, 4) is 5.69 Å². The van der Waals surface area contributed by atoms with Crippen LogP contribution in [-0.2, 0) is 9.53 Å². The molecule has 0 aliphatic rings. The summed E-state index contributed by atoms with van der Waals surface area (Å²) >= 11 is 0. The van der Waals surface area contributed by atoms with Gasteiger partial charge in [0.2, 0.25) is 0 Å². The van der Waals surface area contributed by atoms with E-state index in [1.165, 1.54) is 22.7 Å². The van der Waals surface area contributed by atoms with Gasteiger partial charge in [0.05, 0.1) is 12.8 Å². The molecule has 0 saturated carbocycles. The van der Waals surface area contributed by atoms with E-state index in [0.29, 0.717) is 5.65 Å². The maximum atomic E-state index is 12.6. The topological polar surface area (TPSA) is 91.9 Å². The first-order chi connectivity index (χ1) is 11.4. The molecule has 0 aliphatic carbocycles. The highest BCUT2D eigenvalue weighted by Crippen LogP contribution is 2.16. The Hall–Kier alpha value is -3.03. The third kappa shape index (κ3) is 2.45. The maximum absolute atomic E-state index is 12.6. The molecule has 1 aromatic carbocycles. The van der Waals surface area contributed by atoms with Gasteiger partial charge in [-0.05, 0) is 44.0 Å². The Morgan fingerprint density at radius 1 is 1.25 bits per heavy atom. The van der Waals surface area contributed by atoms with Crippen LogP contribution < -0.4 is 5.56 Å². The van der Waals surface area contributed by atoms with Crippen LogP contribution >= 0.6 is 0 Å². The van der Waals surface area contributed by atoms with Gasteiger partial charge in [0, 0.05) is 0 Å². The van der Waals surface area contributed by atoms with E-state index in [9.17, 15) is 9.59 Å². The summed E-state index contributed by atoms with van der Waals surface area (Å²) in [5.41, 5.74) is 3.04. The Labute approximate surface area is 137 Å². The van der Waals surface area contributed by atoms with Crippen molar-refractivity contribution in [2.75, 3.05) is 7.11 Å². The van der Waals surface area contributed by atoms with E-state index in [1.54, 1.807) is 6.92 Å². The number of fused-ring (bicyclic) bond motifs is 1. The molecule has 8 heteroatoms. The second kappa shape index (κ2) is 5.88. The average molecular weight is 327 g/mol. The van der Waals surface area contributed by atoms with Gasteiger partial charge in [0.1, 0.15) is 12.4 Å². The largest absolute Gasteiger partial charge is 0.467 e. The normalized spacial score (nSPS) is 12.3. The summed E-state index contributed by atoms with van der Waals surface area (Å²) in [5, 5.41) is 7.98. The van der Waals surface area contributed by atoms with Gasteiger partial charge >= 0.3 is 5.97 Å². The fourth-order valence-corrected chi connectivity index (χ4v) is 2.41. The summed E-state index contributed by atoms with van der Waals surface area (Å²) in [4.78, 5) is 28.5. The molecule has 0 aliphatic heterocycles. The Kier molecular flexibility index (Phi) is 3.88. The number of nitrogens with zero attached hydrogens (tertiary/aromatic N) is 5. The van der Waals surface area contributed by atoms with Crippen molar-refractivity contribution in [3.63, 3.8) is 0 Å². The molecule has 2 aromatic heterocycles. The second-order valence-corrected chi connectivity index (χ2v) is 5.60. The monoisotopic (exact) mass is 327 g/mol. The molecule has 0 unspecified atom stereocenters. The predicted molar refractivity (Wildman–Crippen MR) is 87.1 cm³/mol. The lowest BCUT2D eigenvalue weighted by atomic mass is 10.1. The van der Waals surface area contributed by atoms with Crippen LogP contribution in [0.3, 0.4) is 0 Å². The molecule has 0 radical (unpaired) electrons. The second-order valence-electron chi connectivity index (χ2n) is 5.60. The van der Waals surface area contributed by atoms with Gasteiger partial charge in [0.25, 0.3) is 5.56 Å². The molecule has 0 saturated heterocycles. The van der Waals surface area contributed by atoms with Crippen LogP contribution in [0.2, 0.25) is 0 Å². The molecule has 8 nitrogen and oxygen atoms in total. The van der Waals surface area contributed by atoms with Crippen LogP contribution in [0.25, 0.3) is 16.9 Å². The Balaban J connectivity index is 2.15.